The van der Waals surface area contributed by atoms with Crippen molar-refractivity contribution >= 4 is 34.2 Å². The monoisotopic (exact) mass is 339 g/mol. The van der Waals surface area contributed by atoms with Crippen LogP contribution >= 0.6 is 0 Å². The van der Waals surface area contributed by atoms with Gasteiger partial charge >= 0.3 is 5.69 Å². The molecule has 25 heavy (non-hydrogen) atoms. The Kier molecular flexibility index (Phi) is 4.12. The fourth-order valence-corrected chi connectivity index (χ4v) is 2.51. The smallest absolute Gasteiger partial charge is 0.301 e. The maximum Gasteiger partial charge on any atom is 0.301 e. The number of nitrogens with zero attached hydrogens (tertiary/aromatic N) is 3. The van der Waals surface area contributed by atoms with Gasteiger partial charge in [-0.05, 0) is 19.1 Å². The Bertz CT molecular complexity index is 1010. The average Bonchev–Trinajstić information content (AvgIpc) is 2.90. The van der Waals surface area contributed by atoms with Gasteiger partial charge in [0.05, 0.1) is 22.1 Å². The van der Waals surface area contributed by atoms with Gasteiger partial charge in [-0.2, -0.15) is 5.10 Å². The van der Waals surface area contributed by atoms with E-state index in [1.807, 2.05) is 31.2 Å². The van der Waals surface area contributed by atoms with E-state index >= 15 is 0 Å². The highest BCUT2D eigenvalue weighted by molar-refractivity contribution is 6.00. The van der Waals surface area contributed by atoms with Crippen LogP contribution in [-0.4, -0.2) is 21.0 Å². The standard InChI is InChI=1S/C16H13N5O4/c1-10-13(12-4-2-3-5-14(12)18-10)9-17-19-15-7-6-11(20(22)23)8-16(15)21(24)25/h2-9,18-19H,1H3/b17-9-. The highest BCUT2D eigenvalue weighted by Gasteiger charge is 2.19. The summed E-state index contributed by atoms with van der Waals surface area (Å²) in [6.45, 7) is 1.90. The third-order valence-electron chi connectivity index (χ3n) is 3.71. The summed E-state index contributed by atoms with van der Waals surface area (Å²) in [5.74, 6) is 0. The van der Waals surface area contributed by atoms with Crippen LogP contribution in [0.25, 0.3) is 10.9 Å². The molecule has 1 heterocycles. The third-order valence-corrected chi connectivity index (χ3v) is 3.71. The number of hydrogen-bond acceptors (Lipinski definition) is 6. The second kappa shape index (κ2) is 6.40. The molecule has 0 saturated carbocycles. The zero-order valence-electron chi connectivity index (χ0n) is 13.1. The van der Waals surface area contributed by atoms with Crippen molar-refractivity contribution in [2.75, 3.05) is 5.43 Å². The normalized spacial score (nSPS) is 11.1. The Labute approximate surface area is 141 Å². The molecule has 0 aliphatic heterocycles. The summed E-state index contributed by atoms with van der Waals surface area (Å²) in [6.07, 6.45) is 1.55. The van der Waals surface area contributed by atoms with E-state index in [1.54, 1.807) is 6.21 Å². The molecule has 0 unspecified atom stereocenters. The molecule has 0 atom stereocenters. The summed E-state index contributed by atoms with van der Waals surface area (Å²) in [4.78, 5) is 23.7. The largest absolute Gasteiger partial charge is 0.358 e. The molecule has 2 N–H and O–H groups in total. The van der Waals surface area contributed by atoms with Gasteiger partial charge in [-0.25, -0.2) is 0 Å². The van der Waals surface area contributed by atoms with Gasteiger partial charge in [-0.15, -0.1) is 0 Å². The second-order valence-electron chi connectivity index (χ2n) is 5.29. The average molecular weight is 339 g/mol. The second-order valence-corrected chi connectivity index (χ2v) is 5.29. The molecule has 0 fully saturated rings. The van der Waals surface area contributed by atoms with Crippen molar-refractivity contribution in [3.63, 3.8) is 0 Å². The van der Waals surface area contributed by atoms with E-state index in [9.17, 15) is 20.2 Å². The maximum atomic E-state index is 11.1. The van der Waals surface area contributed by atoms with Crippen LogP contribution in [0, 0.1) is 27.2 Å². The SMILES string of the molecule is Cc1[nH]c2ccccc2c1/C=N\Nc1ccc([N+](=O)[O-])cc1[N+](=O)[O-]. The summed E-state index contributed by atoms with van der Waals surface area (Å²) in [5, 5.41) is 26.9. The van der Waals surface area contributed by atoms with Crippen LogP contribution in [-0.2, 0) is 0 Å². The first kappa shape index (κ1) is 16.1. The van der Waals surface area contributed by atoms with E-state index in [2.05, 4.69) is 15.5 Å². The molecular weight excluding hydrogens is 326 g/mol. The van der Waals surface area contributed by atoms with Gasteiger partial charge in [0.25, 0.3) is 5.69 Å². The van der Waals surface area contributed by atoms with Crippen LogP contribution in [0.4, 0.5) is 17.1 Å². The number of benzene rings is 2. The third kappa shape index (κ3) is 3.15. The lowest BCUT2D eigenvalue weighted by atomic mass is 10.1. The van der Waals surface area contributed by atoms with Crippen LogP contribution in [0.3, 0.4) is 0 Å². The molecule has 0 amide bonds. The predicted molar refractivity (Wildman–Crippen MR) is 94.0 cm³/mol. The first-order chi connectivity index (χ1) is 12.0. The molecule has 0 saturated heterocycles. The van der Waals surface area contributed by atoms with Crippen LogP contribution in [0.1, 0.15) is 11.3 Å². The number of nitrogens with one attached hydrogen (secondary N) is 2. The van der Waals surface area contributed by atoms with Crippen molar-refractivity contribution in [1.82, 2.24) is 4.98 Å². The van der Waals surface area contributed by atoms with E-state index in [0.29, 0.717) is 0 Å². The first-order valence-corrected chi connectivity index (χ1v) is 7.26. The van der Waals surface area contributed by atoms with E-state index in [0.717, 1.165) is 28.2 Å². The van der Waals surface area contributed by atoms with Gasteiger partial charge in [-0.1, -0.05) is 18.2 Å². The number of hydrazone groups is 1. The number of aryl methyl sites for hydroxylation is 1. The van der Waals surface area contributed by atoms with E-state index in [4.69, 9.17) is 0 Å². The zero-order valence-corrected chi connectivity index (χ0v) is 13.1. The summed E-state index contributed by atoms with van der Waals surface area (Å²) >= 11 is 0. The minimum atomic E-state index is -0.693. The highest BCUT2D eigenvalue weighted by Crippen LogP contribution is 2.29. The van der Waals surface area contributed by atoms with Gasteiger partial charge < -0.3 is 4.98 Å². The lowest BCUT2D eigenvalue weighted by Gasteiger charge is -2.02. The highest BCUT2D eigenvalue weighted by atomic mass is 16.6. The molecule has 0 bridgehead atoms. The Hall–Kier alpha value is -3.75. The molecule has 0 aliphatic carbocycles. The number of aromatic amines is 1. The first-order valence-electron chi connectivity index (χ1n) is 7.26. The van der Waals surface area contributed by atoms with Crippen molar-refractivity contribution in [1.29, 1.82) is 0 Å². The maximum absolute atomic E-state index is 11.1. The summed E-state index contributed by atoms with van der Waals surface area (Å²) < 4.78 is 0. The number of nitro groups is 2. The van der Waals surface area contributed by atoms with Crippen LogP contribution < -0.4 is 5.43 Å². The predicted octanol–water partition coefficient (Wildman–Crippen LogP) is 3.74. The van der Waals surface area contributed by atoms with E-state index in [1.165, 1.54) is 12.1 Å². The summed E-state index contributed by atoms with van der Waals surface area (Å²) in [6, 6.07) is 11.0. The van der Waals surface area contributed by atoms with Gasteiger partial charge in [-0.3, -0.25) is 25.7 Å². The summed E-state index contributed by atoms with van der Waals surface area (Å²) in [7, 11) is 0. The molecule has 3 rings (SSSR count). The number of rotatable bonds is 5. The van der Waals surface area contributed by atoms with Crippen molar-refractivity contribution in [2.45, 2.75) is 6.92 Å². The van der Waals surface area contributed by atoms with Crippen LogP contribution in [0.15, 0.2) is 47.6 Å². The van der Waals surface area contributed by atoms with Gasteiger partial charge in [0, 0.05) is 28.2 Å². The minimum Gasteiger partial charge on any atom is -0.358 e. The number of H-pyrrole nitrogens is 1. The lowest BCUT2D eigenvalue weighted by Crippen LogP contribution is -1.99. The molecule has 2 aromatic carbocycles. The molecule has 9 heteroatoms. The molecule has 0 radical (unpaired) electrons. The van der Waals surface area contributed by atoms with Gasteiger partial charge in [0.1, 0.15) is 5.69 Å². The quantitative estimate of drug-likeness (QED) is 0.416. The van der Waals surface area contributed by atoms with Gasteiger partial charge in [0.2, 0.25) is 0 Å². The summed E-state index contributed by atoms with van der Waals surface area (Å²) in [5.41, 5.74) is 4.61. The molecule has 1 aromatic heterocycles. The Morgan fingerprint density at radius 2 is 1.88 bits per heavy atom. The zero-order chi connectivity index (χ0) is 18.0. The van der Waals surface area contributed by atoms with Crippen LogP contribution in [0.2, 0.25) is 0 Å². The minimum absolute atomic E-state index is 0.0735. The number of fused-ring (bicyclic) bond motifs is 1. The Morgan fingerprint density at radius 3 is 2.60 bits per heavy atom. The van der Waals surface area contributed by atoms with Gasteiger partial charge in [0.15, 0.2) is 0 Å². The van der Waals surface area contributed by atoms with Crippen molar-refractivity contribution in [3.8, 4) is 0 Å². The fraction of sp³-hybridized carbons (Fsp3) is 0.0625. The number of nitro benzene ring substituents is 2. The van der Waals surface area contributed by atoms with E-state index < -0.39 is 15.5 Å². The fourth-order valence-electron chi connectivity index (χ4n) is 2.51. The number of para-hydroxylation sites is 1. The molecule has 3 aromatic rings. The topological polar surface area (TPSA) is 126 Å². The molecular formula is C16H13N5O4. The Balaban J connectivity index is 1.90. The van der Waals surface area contributed by atoms with Crippen molar-refractivity contribution < 1.29 is 9.85 Å². The molecule has 0 aliphatic rings. The molecule has 126 valence electrons. The number of aromatic nitrogens is 1. The number of hydrogen-bond donors (Lipinski definition) is 2. The number of non-ortho nitro benzene ring substituents is 1. The lowest BCUT2D eigenvalue weighted by molar-refractivity contribution is -0.393. The molecule has 0 spiro atoms. The number of anilines is 1. The van der Waals surface area contributed by atoms with Crippen molar-refractivity contribution in [2.24, 2.45) is 5.10 Å². The Morgan fingerprint density at radius 1 is 1.12 bits per heavy atom. The van der Waals surface area contributed by atoms with Crippen LogP contribution in [0.5, 0.6) is 0 Å². The molecule has 9 nitrogen and oxygen atoms in total. The van der Waals surface area contributed by atoms with E-state index in [-0.39, 0.29) is 11.4 Å². The van der Waals surface area contributed by atoms with Crippen molar-refractivity contribution in [3.05, 3.63) is 74.0 Å².